The fraction of sp³-hybridized carbons (Fsp3) is 0.324. The molecule has 7 heteroatoms. The zero-order chi connectivity index (χ0) is 29.5. The summed E-state index contributed by atoms with van der Waals surface area (Å²) in [5.74, 6) is 3.25. The Morgan fingerprint density at radius 3 is 2.22 bits per heavy atom. The molecule has 1 fully saturated rings. The van der Waals surface area contributed by atoms with E-state index in [-0.39, 0.29) is 6.71 Å². The Morgan fingerprint density at radius 2 is 1.63 bits per heavy atom. The molecule has 4 rings (SSSR count). The molecule has 6 nitrogen and oxygen atoms in total. The monoisotopic (exact) mass is 547 g/mol. The van der Waals surface area contributed by atoms with Crippen LogP contribution in [-0.4, -0.2) is 28.1 Å². The molecule has 3 aromatic rings. The van der Waals surface area contributed by atoms with E-state index in [9.17, 15) is 10.4 Å². The SMILES string of the molecule is C=C(/C=C(\C)N=C(C)C1(O)CCB(C#N)CC1(C)C)c1ccc(OCc2ccccc2)nc1OCc1ccccc1. The van der Waals surface area contributed by atoms with Crippen LogP contribution in [0.15, 0.2) is 96.1 Å². The molecule has 2 aromatic carbocycles. The number of rotatable bonds is 10. The third kappa shape index (κ3) is 7.33. The number of hydrogen-bond acceptors (Lipinski definition) is 6. The lowest BCUT2D eigenvalue weighted by Gasteiger charge is -2.47. The van der Waals surface area contributed by atoms with Crippen molar-refractivity contribution in [1.82, 2.24) is 4.98 Å². The van der Waals surface area contributed by atoms with E-state index in [1.807, 2.05) is 107 Å². The molecular weight excluding hydrogens is 509 g/mol. The van der Waals surface area contributed by atoms with Gasteiger partial charge in [0, 0.05) is 29.0 Å². The van der Waals surface area contributed by atoms with Gasteiger partial charge in [-0.2, -0.15) is 4.98 Å². The Kier molecular flexibility index (Phi) is 9.47. The van der Waals surface area contributed by atoms with E-state index in [0.29, 0.717) is 61.0 Å². The molecule has 1 aliphatic rings. The molecule has 0 saturated carbocycles. The lowest BCUT2D eigenvalue weighted by atomic mass is 9.35. The summed E-state index contributed by atoms with van der Waals surface area (Å²) < 4.78 is 12.1. The van der Waals surface area contributed by atoms with Gasteiger partial charge in [0.05, 0.1) is 0 Å². The topological polar surface area (TPSA) is 87.7 Å². The Balaban J connectivity index is 1.56. The number of nitriles is 1. The minimum absolute atomic E-state index is 0.0454. The molecule has 2 heterocycles. The Labute approximate surface area is 244 Å². The van der Waals surface area contributed by atoms with Crippen molar-refractivity contribution in [2.75, 3.05) is 0 Å². The van der Waals surface area contributed by atoms with Gasteiger partial charge in [0.25, 0.3) is 6.71 Å². The van der Waals surface area contributed by atoms with Gasteiger partial charge in [0.2, 0.25) is 11.8 Å². The van der Waals surface area contributed by atoms with Crippen molar-refractivity contribution in [1.29, 1.82) is 5.26 Å². The highest BCUT2D eigenvalue weighted by atomic mass is 16.5. The first kappa shape index (κ1) is 29.8. The largest absolute Gasteiger partial charge is 0.473 e. The highest BCUT2D eigenvalue weighted by molar-refractivity contribution is 6.67. The normalized spacial score (nSPS) is 18.9. The van der Waals surface area contributed by atoms with E-state index in [0.717, 1.165) is 16.7 Å². The second-order valence-corrected chi connectivity index (χ2v) is 11.4. The van der Waals surface area contributed by atoms with Crippen molar-refractivity contribution in [3.05, 3.63) is 108 Å². The zero-order valence-electron chi connectivity index (χ0n) is 24.4. The summed E-state index contributed by atoms with van der Waals surface area (Å²) in [7, 11) is 0. The lowest BCUT2D eigenvalue weighted by Crippen LogP contribution is -2.55. The molecule has 41 heavy (non-hydrogen) atoms. The van der Waals surface area contributed by atoms with Gasteiger partial charge in [-0.15, -0.1) is 0 Å². The summed E-state index contributed by atoms with van der Waals surface area (Å²) in [5, 5.41) is 21.0. The summed E-state index contributed by atoms with van der Waals surface area (Å²) in [6.07, 6.45) is 3.67. The van der Waals surface area contributed by atoms with Gasteiger partial charge in [-0.1, -0.05) is 93.7 Å². The van der Waals surface area contributed by atoms with E-state index in [2.05, 4.69) is 17.5 Å². The van der Waals surface area contributed by atoms with Crippen LogP contribution in [0.1, 0.15) is 50.8 Å². The number of aromatic nitrogens is 1. The molecule has 1 N–H and O–H groups in total. The van der Waals surface area contributed by atoms with Gasteiger partial charge in [0.15, 0.2) is 0 Å². The van der Waals surface area contributed by atoms with Crippen LogP contribution in [0.5, 0.6) is 11.8 Å². The average molecular weight is 548 g/mol. The zero-order valence-corrected chi connectivity index (χ0v) is 24.4. The number of aliphatic hydroxyl groups is 1. The van der Waals surface area contributed by atoms with Crippen LogP contribution in [0.2, 0.25) is 12.6 Å². The Hall–Kier alpha value is -4.15. The number of allylic oxidation sites excluding steroid dienone is 3. The molecule has 1 unspecified atom stereocenters. The molecule has 210 valence electrons. The summed E-state index contributed by atoms with van der Waals surface area (Å²) in [5.41, 5.74) is 3.29. The number of ether oxygens (including phenoxy) is 2. The highest BCUT2D eigenvalue weighted by Crippen LogP contribution is 2.45. The predicted octanol–water partition coefficient (Wildman–Crippen LogP) is 7.34. The van der Waals surface area contributed by atoms with E-state index in [1.165, 1.54) is 0 Å². The number of nitrogens with zero attached hydrogens (tertiary/aromatic N) is 3. The molecule has 0 bridgehead atoms. The first-order valence-electron chi connectivity index (χ1n) is 14.0. The summed E-state index contributed by atoms with van der Waals surface area (Å²) in [4.78, 5) is 9.46. The van der Waals surface area contributed by atoms with Crippen LogP contribution >= 0.6 is 0 Å². The van der Waals surface area contributed by atoms with Gasteiger partial charge in [0.1, 0.15) is 18.8 Å². The molecule has 0 spiro atoms. The van der Waals surface area contributed by atoms with Gasteiger partial charge in [-0.25, -0.2) is 5.26 Å². The van der Waals surface area contributed by atoms with Crippen molar-refractivity contribution in [3.8, 4) is 17.7 Å². The van der Waals surface area contributed by atoms with Crippen LogP contribution in [0, 0.1) is 16.6 Å². The van der Waals surface area contributed by atoms with Crippen molar-refractivity contribution < 1.29 is 14.6 Å². The Morgan fingerprint density at radius 1 is 1.02 bits per heavy atom. The Bertz CT molecular complexity index is 1460. The van der Waals surface area contributed by atoms with Crippen LogP contribution in [0.4, 0.5) is 0 Å². The smallest absolute Gasteiger partial charge is 0.268 e. The molecule has 1 saturated heterocycles. The van der Waals surface area contributed by atoms with E-state index >= 15 is 0 Å². The summed E-state index contributed by atoms with van der Waals surface area (Å²) >= 11 is 0. The standard InChI is InChI=1S/C34H38BN3O3/c1-25(20-26(2)37-27(3)34(39)18-19-35(24-36)23-33(34,4)5)30-16-17-31(40-21-28-12-8-6-9-13-28)38-32(30)41-22-29-14-10-7-11-15-29/h6-17,20,39H,1,18-19,21-23H2,2-5H3/b26-20+,37-27?. The second-order valence-electron chi connectivity index (χ2n) is 11.4. The van der Waals surface area contributed by atoms with Gasteiger partial charge >= 0.3 is 0 Å². The van der Waals surface area contributed by atoms with E-state index in [4.69, 9.17) is 14.5 Å². The fourth-order valence-electron chi connectivity index (χ4n) is 5.42. The maximum Gasteiger partial charge on any atom is 0.268 e. The average Bonchev–Trinajstić information content (AvgIpc) is 2.97. The first-order chi connectivity index (χ1) is 19.6. The lowest BCUT2D eigenvalue weighted by molar-refractivity contribution is -0.00445. The van der Waals surface area contributed by atoms with Crippen LogP contribution in [-0.2, 0) is 13.2 Å². The fourth-order valence-corrected chi connectivity index (χ4v) is 5.42. The minimum atomic E-state index is -1.08. The van der Waals surface area contributed by atoms with E-state index < -0.39 is 11.0 Å². The summed E-state index contributed by atoms with van der Waals surface area (Å²) in [6, 6.07) is 23.6. The van der Waals surface area contributed by atoms with Gasteiger partial charge in [-0.3, -0.25) is 4.99 Å². The van der Waals surface area contributed by atoms with Crippen molar-refractivity contribution >= 4 is 18.0 Å². The van der Waals surface area contributed by atoms with Crippen molar-refractivity contribution in [3.63, 3.8) is 0 Å². The van der Waals surface area contributed by atoms with Crippen molar-refractivity contribution in [2.45, 2.75) is 65.6 Å². The molecule has 1 aromatic heterocycles. The molecular formula is C34H38BN3O3. The number of pyridine rings is 1. The quantitative estimate of drug-likeness (QED) is 0.163. The molecule has 1 atom stereocenters. The van der Waals surface area contributed by atoms with Crippen LogP contribution < -0.4 is 9.47 Å². The van der Waals surface area contributed by atoms with Crippen LogP contribution in [0.25, 0.3) is 5.57 Å². The second kappa shape index (κ2) is 13.0. The first-order valence-corrected chi connectivity index (χ1v) is 14.0. The maximum atomic E-state index is 11.6. The van der Waals surface area contributed by atoms with Gasteiger partial charge < -0.3 is 14.6 Å². The summed E-state index contributed by atoms with van der Waals surface area (Å²) in [6.45, 7) is 12.8. The number of benzene rings is 2. The van der Waals surface area contributed by atoms with Crippen LogP contribution in [0.3, 0.4) is 0 Å². The highest BCUT2D eigenvalue weighted by Gasteiger charge is 2.51. The molecule has 0 radical (unpaired) electrons. The van der Waals surface area contributed by atoms with Gasteiger partial charge in [-0.05, 0) is 54.5 Å². The number of aliphatic imine (C=N–C) groups is 1. The molecule has 0 aliphatic carbocycles. The molecule has 0 amide bonds. The van der Waals surface area contributed by atoms with E-state index in [1.54, 1.807) is 0 Å². The minimum Gasteiger partial charge on any atom is -0.473 e. The van der Waals surface area contributed by atoms with Crippen molar-refractivity contribution in [2.24, 2.45) is 10.4 Å². The number of hydrogen-bond donors (Lipinski definition) is 1. The maximum absolute atomic E-state index is 11.6. The predicted molar refractivity (Wildman–Crippen MR) is 166 cm³/mol. The third-order valence-electron chi connectivity index (χ3n) is 7.87. The molecule has 1 aliphatic heterocycles. The third-order valence-corrected chi connectivity index (χ3v) is 7.87.